The molecule has 0 aliphatic carbocycles. The number of nitrogens with zero attached hydrogens (tertiary/aromatic N) is 2. The lowest BCUT2D eigenvalue weighted by Gasteiger charge is -2.38. The molecule has 0 saturated carbocycles. The van der Waals surface area contributed by atoms with Crippen LogP contribution in [0.25, 0.3) is 0 Å². The van der Waals surface area contributed by atoms with Gasteiger partial charge in [0.1, 0.15) is 0 Å². The van der Waals surface area contributed by atoms with Gasteiger partial charge in [0.05, 0.1) is 20.3 Å². The van der Waals surface area contributed by atoms with Crippen LogP contribution in [0.15, 0.2) is 24.3 Å². The summed E-state index contributed by atoms with van der Waals surface area (Å²) >= 11 is 0. The van der Waals surface area contributed by atoms with Gasteiger partial charge >= 0.3 is 0 Å². The van der Waals surface area contributed by atoms with Gasteiger partial charge in [-0.15, -0.1) is 0 Å². The average Bonchev–Trinajstić information content (AvgIpc) is 2.50. The van der Waals surface area contributed by atoms with Crippen molar-refractivity contribution in [2.45, 2.75) is 32.5 Å². The number of benzene rings is 1. The Morgan fingerprint density at radius 1 is 1.29 bits per heavy atom. The van der Waals surface area contributed by atoms with E-state index in [2.05, 4.69) is 18.7 Å². The molecule has 1 aliphatic heterocycles. The summed E-state index contributed by atoms with van der Waals surface area (Å²) in [7, 11) is 3.08. The first-order valence-corrected chi connectivity index (χ1v) is 7.27. The molecule has 1 fully saturated rings. The van der Waals surface area contributed by atoms with E-state index in [4.69, 9.17) is 9.57 Å². The van der Waals surface area contributed by atoms with Crippen LogP contribution in [-0.4, -0.2) is 55.3 Å². The molecule has 1 aromatic carbocycles. The van der Waals surface area contributed by atoms with Crippen molar-refractivity contribution in [1.29, 1.82) is 0 Å². The van der Waals surface area contributed by atoms with Crippen LogP contribution in [0.1, 0.15) is 29.8 Å². The van der Waals surface area contributed by atoms with E-state index in [1.807, 2.05) is 24.3 Å². The number of hydroxylamine groups is 2. The van der Waals surface area contributed by atoms with Crippen molar-refractivity contribution in [3.05, 3.63) is 35.4 Å². The predicted molar refractivity (Wildman–Crippen MR) is 80.8 cm³/mol. The average molecular weight is 292 g/mol. The fraction of sp³-hybridized carbons (Fsp3) is 0.562. The van der Waals surface area contributed by atoms with Gasteiger partial charge in [0.25, 0.3) is 5.91 Å². The molecule has 2 unspecified atom stereocenters. The van der Waals surface area contributed by atoms with Crippen molar-refractivity contribution in [3.8, 4) is 0 Å². The maximum Gasteiger partial charge on any atom is 0.277 e. The number of hydrogen-bond acceptors (Lipinski definition) is 4. The molecule has 0 bridgehead atoms. The summed E-state index contributed by atoms with van der Waals surface area (Å²) in [5, 5.41) is 1.22. The van der Waals surface area contributed by atoms with Crippen molar-refractivity contribution in [3.63, 3.8) is 0 Å². The molecule has 1 aliphatic rings. The number of carbonyl (C=O) groups is 1. The molecular formula is C16H24N2O3. The first kappa shape index (κ1) is 15.9. The van der Waals surface area contributed by atoms with E-state index in [0.29, 0.717) is 17.6 Å². The lowest BCUT2D eigenvalue weighted by molar-refractivity contribution is -0.0757. The van der Waals surface area contributed by atoms with Crippen molar-refractivity contribution in [2.75, 3.05) is 27.4 Å². The van der Waals surface area contributed by atoms with Gasteiger partial charge < -0.3 is 4.74 Å². The van der Waals surface area contributed by atoms with Gasteiger partial charge in [-0.3, -0.25) is 14.5 Å². The highest BCUT2D eigenvalue weighted by Gasteiger charge is 2.25. The summed E-state index contributed by atoms with van der Waals surface area (Å²) < 4.78 is 5.55. The molecule has 21 heavy (non-hydrogen) atoms. The Bertz CT molecular complexity index is 465. The number of morpholine rings is 1. The first-order valence-electron chi connectivity index (χ1n) is 7.27. The highest BCUT2D eigenvalue weighted by molar-refractivity contribution is 5.93. The quantitative estimate of drug-likeness (QED) is 0.795. The van der Waals surface area contributed by atoms with Crippen molar-refractivity contribution in [1.82, 2.24) is 9.96 Å². The van der Waals surface area contributed by atoms with Crippen LogP contribution < -0.4 is 0 Å². The van der Waals surface area contributed by atoms with Gasteiger partial charge in [-0.2, -0.15) is 0 Å². The van der Waals surface area contributed by atoms with E-state index in [1.54, 1.807) is 7.05 Å². The molecular weight excluding hydrogens is 268 g/mol. The highest BCUT2D eigenvalue weighted by Crippen LogP contribution is 2.17. The van der Waals surface area contributed by atoms with Gasteiger partial charge in [0.15, 0.2) is 0 Å². The van der Waals surface area contributed by atoms with Crippen LogP contribution in [0.4, 0.5) is 0 Å². The van der Waals surface area contributed by atoms with E-state index >= 15 is 0 Å². The lowest BCUT2D eigenvalue weighted by Crippen LogP contribution is -2.48. The van der Waals surface area contributed by atoms with Crippen LogP contribution in [0.5, 0.6) is 0 Å². The maximum absolute atomic E-state index is 12.0. The normalized spacial score (nSPS) is 23.0. The second kappa shape index (κ2) is 7.02. The third-order valence-electron chi connectivity index (χ3n) is 3.98. The second-order valence-corrected chi connectivity index (χ2v) is 5.59. The molecule has 0 radical (unpaired) electrons. The molecule has 1 amide bonds. The van der Waals surface area contributed by atoms with Gasteiger partial charge in [-0.1, -0.05) is 12.1 Å². The second-order valence-electron chi connectivity index (χ2n) is 5.59. The molecule has 1 saturated heterocycles. The van der Waals surface area contributed by atoms with E-state index in [-0.39, 0.29) is 5.91 Å². The summed E-state index contributed by atoms with van der Waals surface area (Å²) in [4.78, 5) is 19.3. The minimum absolute atomic E-state index is 0.142. The number of ether oxygens (including phenoxy) is 1. The van der Waals surface area contributed by atoms with Gasteiger partial charge in [-0.25, -0.2) is 5.06 Å². The van der Waals surface area contributed by atoms with Crippen LogP contribution in [0.2, 0.25) is 0 Å². The standard InChI is InChI=1S/C16H24N2O3/c1-12-10-21-11-13(2)18(12)9-14-5-7-15(8-6-14)16(19)17(3)20-4/h5-8,12-13H,9-11H2,1-4H3. The molecule has 5 heteroatoms. The molecule has 1 heterocycles. The van der Waals surface area contributed by atoms with Gasteiger partial charge in [0, 0.05) is 31.2 Å². The van der Waals surface area contributed by atoms with Crippen LogP contribution in [0.3, 0.4) is 0 Å². The monoisotopic (exact) mass is 292 g/mol. The minimum atomic E-state index is -0.142. The van der Waals surface area contributed by atoms with Crippen LogP contribution in [-0.2, 0) is 16.1 Å². The maximum atomic E-state index is 12.0. The molecule has 5 nitrogen and oxygen atoms in total. The molecule has 0 spiro atoms. The van der Waals surface area contributed by atoms with Crippen LogP contribution >= 0.6 is 0 Å². The zero-order chi connectivity index (χ0) is 15.4. The van der Waals surface area contributed by atoms with Crippen LogP contribution in [0, 0.1) is 0 Å². The van der Waals surface area contributed by atoms with Crippen molar-refractivity contribution >= 4 is 5.91 Å². The molecule has 116 valence electrons. The molecule has 0 N–H and O–H groups in total. The third-order valence-corrected chi connectivity index (χ3v) is 3.98. The fourth-order valence-corrected chi connectivity index (χ4v) is 2.57. The largest absolute Gasteiger partial charge is 0.378 e. The Hall–Kier alpha value is -1.43. The Morgan fingerprint density at radius 3 is 2.38 bits per heavy atom. The van der Waals surface area contributed by atoms with Crippen molar-refractivity contribution in [2.24, 2.45) is 0 Å². The molecule has 2 rings (SSSR count). The Labute approximate surface area is 126 Å². The first-order chi connectivity index (χ1) is 10.0. The van der Waals surface area contributed by atoms with E-state index < -0.39 is 0 Å². The zero-order valence-electron chi connectivity index (χ0n) is 13.2. The topological polar surface area (TPSA) is 42.0 Å². The predicted octanol–water partition coefficient (Wildman–Crippen LogP) is 1.93. The zero-order valence-corrected chi connectivity index (χ0v) is 13.2. The Balaban J connectivity index is 2.03. The van der Waals surface area contributed by atoms with E-state index in [9.17, 15) is 4.79 Å². The summed E-state index contributed by atoms with van der Waals surface area (Å²) in [5.74, 6) is -0.142. The Morgan fingerprint density at radius 2 is 1.86 bits per heavy atom. The lowest BCUT2D eigenvalue weighted by atomic mass is 10.1. The minimum Gasteiger partial charge on any atom is -0.378 e. The molecule has 2 atom stereocenters. The molecule has 1 aromatic rings. The highest BCUT2D eigenvalue weighted by atomic mass is 16.7. The van der Waals surface area contributed by atoms with Gasteiger partial charge in [0.2, 0.25) is 0 Å². The fourth-order valence-electron chi connectivity index (χ4n) is 2.57. The van der Waals surface area contributed by atoms with E-state index in [0.717, 1.165) is 19.8 Å². The van der Waals surface area contributed by atoms with E-state index in [1.165, 1.54) is 17.7 Å². The number of rotatable bonds is 4. The smallest absolute Gasteiger partial charge is 0.277 e. The molecule has 0 aromatic heterocycles. The van der Waals surface area contributed by atoms with Gasteiger partial charge in [-0.05, 0) is 31.5 Å². The third kappa shape index (κ3) is 3.81. The summed E-state index contributed by atoms with van der Waals surface area (Å²) in [6.07, 6.45) is 0. The summed E-state index contributed by atoms with van der Waals surface area (Å²) in [6, 6.07) is 8.54. The number of amides is 1. The number of hydrogen-bond donors (Lipinski definition) is 0. The van der Waals surface area contributed by atoms with Crippen molar-refractivity contribution < 1.29 is 14.4 Å². The Kier molecular flexibility index (Phi) is 5.33. The summed E-state index contributed by atoms with van der Waals surface area (Å²) in [6.45, 7) is 6.79. The number of carbonyl (C=O) groups excluding carboxylic acids is 1. The summed E-state index contributed by atoms with van der Waals surface area (Å²) in [5.41, 5.74) is 1.83. The SMILES string of the molecule is CON(C)C(=O)c1ccc(CN2C(C)COCC2C)cc1.